The number of ether oxygens (including phenoxy) is 1. The summed E-state index contributed by atoms with van der Waals surface area (Å²) in [7, 11) is 0. The first-order valence-corrected chi connectivity index (χ1v) is 9.01. The van der Waals surface area contributed by atoms with Gasteiger partial charge in [-0.25, -0.2) is 0 Å². The van der Waals surface area contributed by atoms with Crippen LogP contribution in [0.15, 0.2) is 66.7 Å². The van der Waals surface area contributed by atoms with Crippen LogP contribution in [0.25, 0.3) is 22.0 Å². The molecule has 0 amide bonds. The van der Waals surface area contributed by atoms with Crippen LogP contribution in [0.4, 0.5) is 13.2 Å². The third-order valence-electron chi connectivity index (χ3n) is 4.81. The smallest absolute Gasteiger partial charge is 0.416 e. The zero-order valence-electron chi connectivity index (χ0n) is 15.8. The fourth-order valence-corrected chi connectivity index (χ4v) is 3.10. The highest BCUT2D eigenvalue weighted by Gasteiger charge is 2.30. The Kier molecular flexibility index (Phi) is 4.70. The number of rotatable bonds is 3. The summed E-state index contributed by atoms with van der Waals surface area (Å²) in [4.78, 5) is 0. The second kappa shape index (κ2) is 7.20. The lowest BCUT2D eigenvalue weighted by molar-refractivity contribution is -0.137. The number of aromatic nitrogens is 2. The fourth-order valence-electron chi connectivity index (χ4n) is 3.10. The van der Waals surface area contributed by atoms with E-state index in [4.69, 9.17) is 4.74 Å². The molecule has 0 aliphatic heterocycles. The summed E-state index contributed by atoms with van der Waals surface area (Å²) >= 11 is 0. The quantitative estimate of drug-likeness (QED) is 0.387. The number of hydrogen-bond acceptors (Lipinski definition) is 3. The average molecular weight is 394 g/mol. The average Bonchev–Trinajstić information content (AvgIpc) is 2.70. The molecule has 0 N–H and O–H groups in total. The van der Waals surface area contributed by atoms with Crippen LogP contribution in [0.1, 0.15) is 16.7 Å². The van der Waals surface area contributed by atoms with Crippen LogP contribution in [0, 0.1) is 13.8 Å². The second-order valence-electron chi connectivity index (χ2n) is 6.83. The maximum absolute atomic E-state index is 13.1. The Morgan fingerprint density at radius 3 is 2.24 bits per heavy atom. The molecule has 1 aromatic heterocycles. The lowest BCUT2D eigenvalue weighted by Crippen LogP contribution is -2.05. The Bertz CT molecular complexity index is 1200. The summed E-state index contributed by atoms with van der Waals surface area (Å²) in [6.07, 6.45) is -4.43. The first-order chi connectivity index (χ1) is 13.8. The maximum atomic E-state index is 13.1. The number of fused-ring (bicyclic) bond motifs is 1. The molecule has 0 radical (unpaired) electrons. The van der Waals surface area contributed by atoms with E-state index < -0.39 is 11.7 Å². The Balaban J connectivity index is 1.81. The molecule has 0 saturated carbocycles. The van der Waals surface area contributed by atoms with Gasteiger partial charge in [0.1, 0.15) is 11.4 Å². The molecule has 0 aliphatic carbocycles. The zero-order chi connectivity index (χ0) is 20.6. The Labute approximate surface area is 165 Å². The van der Waals surface area contributed by atoms with Crippen LogP contribution in [-0.2, 0) is 6.18 Å². The van der Waals surface area contributed by atoms with Crippen molar-refractivity contribution in [2.45, 2.75) is 20.0 Å². The minimum Gasteiger partial charge on any atom is -0.437 e. The molecule has 4 aromatic rings. The largest absolute Gasteiger partial charge is 0.437 e. The molecule has 0 fully saturated rings. The molecular formula is C23H17F3N2O. The summed E-state index contributed by atoms with van der Waals surface area (Å²) < 4.78 is 45.3. The summed E-state index contributed by atoms with van der Waals surface area (Å²) in [6.45, 7) is 4.00. The van der Waals surface area contributed by atoms with Crippen molar-refractivity contribution in [3.8, 4) is 22.9 Å². The molecule has 4 rings (SSSR count). The van der Waals surface area contributed by atoms with Crippen molar-refractivity contribution in [2.75, 3.05) is 0 Å². The highest BCUT2D eigenvalue weighted by atomic mass is 19.4. The third kappa shape index (κ3) is 3.78. The molecule has 1 heterocycles. The Morgan fingerprint density at radius 2 is 1.52 bits per heavy atom. The predicted molar refractivity (Wildman–Crippen MR) is 106 cm³/mol. The van der Waals surface area contributed by atoms with E-state index in [1.54, 1.807) is 18.2 Å². The fraction of sp³-hybridized carbons (Fsp3) is 0.130. The number of alkyl halides is 3. The lowest BCUT2D eigenvalue weighted by atomic mass is 10.0. The highest BCUT2D eigenvalue weighted by molar-refractivity contribution is 5.97. The first-order valence-electron chi connectivity index (χ1n) is 9.01. The third-order valence-corrected chi connectivity index (χ3v) is 4.81. The summed E-state index contributed by atoms with van der Waals surface area (Å²) in [6, 6.07) is 18.0. The summed E-state index contributed by atoms with van der Waals surface area (Å²) in [5.41, 5.74) is 2.23. The summed E-state index contributed by atoms with van der Waals surface area (Å²) in [5, 5.41) is 9.70. The molecule has 6 heteroatoms. The molecule has 146 valence electrons. The molecule has 0 bridgehead atoms. The van der Waals surface area contributed by atoms with Gasteiger partial charge in [0.05, 0.1) is 5.56 Å². The van der Waals surface area contributed by atoms with Crippen molar-refractivity contribution in [3.63, 3.8) is 0 Å². The molecule has 3 nitrogen and oxygen atoms in total. The van der Waals surface area contributed by atoms with E-state index in [1.807, 2.05) is 44.2 Å². The monoisotopic (exact) mass is 394 g/mol. The van der Waals surface area contributed by atoms with Crippen LogP contribution < -0.4 is 4.74 Å². The van der Waals surface area contributed by atoms with Crippen molar-refractivity contribution in [2.24, 2.45) is 0 Å². The molecule has 0 spiro atoms. The van der Waals surface area contributed by atoms with Crippen LogP contribution >= 0.6 is 0 Å². The number of halogens is 3. The number of aryl methyl sites for hydroxylation is 2. The molecular weight excluding hydrogens is 377 g/mol. The van der Waals surface area contributed by atoms with Crippen LogP contribution in [-0.4, -0.2) is 10.2 Å². The van der Waals surface area contributed by atoms with Gasteiger partial charge in [0, 0.05) is 16.3 Å². The molecule has 3 aromatic carbocycles. The minimum atomic E-state index is -4.43. The highest BCUT2D eigenvalue weighted by Crippen LogP contribution is 2.36. The number of hydrogen-bond donors (Lipinski definition) is 0. The lowest BCUT2D eigenvalue weighted by Gasteiger charge is -2.12. The van der Waals surface area contributed by atoms with Gasteiger partial charge < -0.3 is 4.74 Å². The van der Waals surface area contributed by atoms with E-state index in [9.17, 15) is 13.2 Å². The first kappa shape index (κ1) is 18.9. The van der Waals surface area contributed by atoms with E-state index in [0.29, 0.717) is 33.7 Å². The van der Waals surface area contributed by atoms with E-state index in [0.717, 1.165) is 23.3 Å². The van der Waals surface area contributed by atoms with Gasteiger partial charge in [-0.2, -0.15) is 13.2 Å². The van der Waals surface area contributed by atoms with E-state index in [2.05, 4.69) is 10.2 Å². The SMILES string of the molecule is Cc1ccc(Oc2nnc(-c3cccc(C(F)(F)F)c3)c3ccccc23)cc1C. The van der Waals surface area contributed by atoms with Gasteiger partial charge >= 0.3 is 6.18 Å². The van der Waals surface area contributed by atoms with E-state index in [-0.39, 0.29) is 0 Å². The molecule has 0 saturated heterocycles. The van der Waals surface area contributed by atoms with Gasteiger partial charge in [0.2, 0.25) is 5.88 Å². The molecule has 0 aliphatic rings. The van der Waals surface area contributed by atoms with Gasteiger partial charge in [-0.3, -0.25) is 0 Å². The normalized spacial score (nSPS) is 11.6. The second-order valence-corrected chi connectivity index (χ2v) is 6.83. The standard InChI is InChI=1S/C23H17F3N2O/c1-14-10-11-18(12-15(14)2)29-22-20-9-4-3-8-19(20)21(27-28-22)16-6-5-7-17(13-16)23(24,25)26/h3-13H,1-2H3. The number of nitrogens with zero attached hydrogens (tertiary/aromatic N) is 2. The van der Waals surface area contributed by atoms with E-state index in [1.165, 1.54) is 6.07 Å². The van der Waals surface area contributed by atoms with Crippen LogP contribution in [0.5, 0.6) is 11.6 Å². The van der Waals surface area contributed by atoms with Gasteiger partial charge in [0.25, 0.3) is 0 Å². The van der Waals surface area contributed by atoms with E-state index >= 15 is 0 Å². The summed E-state index contributed by atoms with van der Waals surface area (Å²) in [5.74, 6) is 0.930. The topological polar surface area (TPSA) is 35.0 Å². The Morgan fingerprint density at radius 1 is 0.759 bits per heavy atom. The number of benzene rings is 3. The van der Waals surface area contributed by atoms with Crippen molar-refractivity contribution < 1.29 is 17.9 Å². The van der Waals surface area contributed by atoms with Crippen molar-refractivity contribution in [1.29, 1.82) is 0 Å². The van der Waals surface area contributed by atoms with Crippen LogP contribution in [0.2, 0.25) is 0 Å². The minimum absolute atomic E-state index is 0.305. The van der Waals surface area contributed by atoms with Crippen molar-refractivity contribution in [1.82, 2.24) is 10.2 Å². The predicted octanol–water partition coefficient (Wildman–Crippen LogP) is 6.72. The Hall–Kier alpha value is -3.41. The van der Waals surface area contributed by atoms with Crippen LogP contribution in [0.3, 0.4) is 0 Å². The van der Waals surface area contributed by atoms with Crippen molar-refractivity contribution in [3.05, 3.63) is 83.4 Å². The molecule has 0 atom stereocenters. The molecule has 0 unspecified atom stereocenters. The van der Waals surface area contributed by atoms with Crippen molar-refractivity contribution >= 4 is 10.8 Å². The van der Waals surface area contributed by atoms with Gasteiger partial charge in [-0.1, -0.05) is 36.4 Å². The maximum Gasteiger partial charge on any atom is 0.416 e. The van der Waals surface area contributed by atoms with Gasteiger partial charge in [-0.05, 0) is 55.3 Å². The zero-order valence-corrected chi connectivity index (χ0v) is 15.8. The van der Waals surface area contributed by atoms with Gasteiger partial charge in [-0.15, -0.1) is 10.2 Å². The molecule has 29 heavy (non-hydrogen) atoms. The van der Waals surface area contributed by atoms with Gasteiger partial charge in [0.15, 0.2) is 0 Å².